The van der Waals surface area contributed by atoms with E-state index < -0.39 is 11.6 Å². The van der Waals surface area contributed by atoms with Crippen molar-refractivity contribution in [1.82, 2.24) is 15.0 Å². The Kier molecular flexibility index (Phi) is 6.27. The van der Waals surface area contributed by atoms with Crippen LogP contribution < -0.4 is 15.4 Å². The van der Waals surface area contributed by atoms with Crippen LogP contribution in [0.3, 0.4) is 0 Å². The van der Waals surface area contributed by atoms with E-state index in [1.54, 1.807) is 32.3 Å². The zero-order chi connectivity index (χ0) is 21.7. The largest absolute Gasteiger partial charge is 0.490 e. The maximum absolute atomic E-state index is 12.2. The van der Waals surface area contributed by atoms with Gasteiger partial charge in [0.2, 0.25) is 0 Å². The Bertz CT molecular complexity index is 1030. The molecule has 1 aromatic carbocycles. The molecule has 2 heterocycles. The van der Waals surface area contributed by atoms with Gasteiger partial charge in [-0.15, -0.1) is 0 Å². The van der Waals surface area contributed by atoms with Crippen LogP contribution in [-0.2, 0) is 0 Å². The number of benzene rings is 1. The van der Waals surface area contributed by atoms with Crippen LogP contribution in [0.4, 0.5) is 16.3 Å². The number of nitrogens with zero attached hydrogens (tertiary/aromatic N) is 3. The topological polar surface area (TPSA) is 109 Å². The predicted octanol–water partition coefficient (Wildman–Crippen LogP) is 3.95. The van der Waals surface area contributed by atoms with Crippen molar-refractivity contribution in [2.75, 3.05) is 17.2 Å². The standard InChI is InChI=1S/C22H25N5O3/c1-14-9-16(6-8-19(14)30-13-22(3,4)29)18-11-23-12-20(26-18)27-21(28)25-17-7-5-15(2)24-10-17/h5-12,29H,13H2,1-4H3,(H2,25,26,27,28). The molecule has 2 amide bonds. The first kappa shape index (κ1) is 21.2. The van der Waals surface area contributed by atoms with Crippen LogP contribution >= 0.6 is 0 Å². The summed E-state index contributed by atoms with van der Waals surface area (Å²) in [6.45, 7) is 7.37. The third-order valence-corrected chi connectivity index (χ3v) is 4.10. The van der Waals surface area contributed by atoms with E-state index in [-0.39, 0.29) is 6.61 Å². The molecule has 0 unspecified atom stereocenters. The average Bonchev–Trinajstić information content (AvgIpc) is 2.68. The predicted molar refractivity (Wildman–Crippen MR) is 116 cm³/mol. The molecule has 0 radical (unpaired) electrons. The molecule has 0 saturated carbocycles. The molecule has 0 aliphatic heterocycles. The van der Waals surface area contributed by atoms with Gasteiger partial charge in [-0.05, 0) is 63.6 Å². The number of amides is 2. The number of urea groups is 1. The molecule has 3 aromatic rings. The lowest BCUT2D eigenvalue weighted by molar-refractivity contribution is 0.0283. The van der Waals surface area contributed by atoms with Crippen molar-refractivity contribution >= 4 is 17.5 Å². The highest BCUT2D eigenvalue weighted by Crippen LogP contribution is 2.26. The van der Waals surface area contributed by atoms with E-state index in [1.165, 1.54) is 6.20 Å². The molecular formula is C22H25N5O3. The zero-order valence-corrected chi connectivity index (χ0v) is 17.4. The number of aromatic nitrogens is 3. The molecule has 0 aliphatic rings. The molecular weight excluding hydrogens is 382 g/mol. The number of carbonyl (C=O) groups excluding carboxylic acids is 1. The van der Waals surface area contributed by atoms with Crippen LogP contribution in [0.5, 0.6) is 5.75 Å². The number of aryl methyl sites for hydroxylation is 2. The van der Waals surface area contributed by atoms with Crippen LogP contribution in [0.15, 0.2) is 48.9 Å². The van der Waals surface area contributed by atoms with Crippen LogP contribution in [-0.4, -0.2) is 38.3 Å². The summed E-state index contributed by atoms with van der Waals surface area (Å²) in [5.41, 5.74) is 2.89. The maximum atomic E-state index is 12.2. The summed E-state index contributed by atoms with van der Waals surface area (Å²) in [5, 5.41) is 15.2. The molecule has 8 nitrogen and oxygen atoms in total. The molecule has 0 atom stereocenters. The summed E-state index contributed by atoms with van der Waals surface area (Å²) in [5.74, 6) is 1.01. The molecule has 0 aliphatic carbocycles. The van der Waals surface area contributed by atoms with Crippen LogP contribution in [0, 0.1) is 13.8 Å². The average molecular weight is 407 g/mol. The first-order valence-electron chi connectivity index (χ1n) is 9.48. The van der Waals surface area contributed by atoms with Gasteiger partial charge >= 0.3 is 6.03 Å². The first-order valence-corrected chi connectivity index (χ1v) is 9.48. The Balaban J connectivity index is 1.69. The van der Waals surface area contributed by atoms with Gasteiger partial charge in [0.1, 0.15) is 12.4 Å². The molecule has 0 fully saturated rings. The monoisotopic (exact) mass is 407 g/mol. The summed E-state index contributed by atoms with van der Waals surface area (Å²) >= 11 is 0. The molecule has 0 spiro atoms. The van der Waals surface area contributed by atoms with E-state index >= 15 is 0 Å². The van der Waals surface area contributed by atoms with E-state index in [0.29, 0.717) is 22.9 Å². The maximum Gasteiger partial charge on any atom is 0.324 e. The van der Waals surface area contributed by atoms with E-state index in [0.717, 1.165) is 16.8 Å². The normalized spacial score (nSPS) is 11.1. The highest BCUT2D eigenvalue weighted by molar-refractivity contribution is 5.99. The number of aliphatic hydroxyl groups is 1. The van der Waals surface area contributed by atoms with Gasteiger partial charge in [0.05, 0.1) is 35.6 Å². The highest BCUT2D eigenvalue weighted by Gasteiger charge is 2.14. The number of pyridine rings is 1. The minimum Gasteiger partial charge on any atom is -0.490 e. The van der Waals surface area contributed by atoms with Crippen molar-refractivity contribution in [3.63, 3.8) is 0 Å². The number of carbonyl (C=O) groups is 1. The summed E-state index contributed by atoms with van der Waals surface area (Å²) < 4.78 is 5.68. The molecule has 30 heavy (non-hydrogen) atoms. The van der Waals surface area contributed by atoms with Gasteiger partial charge in [-0.1, -0.05) is 0 Å². The van der Waals surface area contributed by atoms with Crippen molar-refractivity contribution < 1.29 is 14.6 Å². The quantitative estimate of drug-likeness (QED) is 0.571. The smallest absolute Gasteiger partial charge is 0.324 e. The van der Waals surface area contributed by atoms with Crippen LogP contribution in [0.25, 0.3) is 11.3 Å². The van der Waals surface area contributed by atoms with E-state index in [4.69, 9.17) is 4.74 Å². The molecule has 0 saturated heterocycles. The lowest BCUT2D eigenvalue weighted by Crippen LogP contribution is -2.28. The van der Waals surface area contributed by atoms with Gasteiger partial charge in [0.15, 0.2) is 5.82 Å². The molecule has 0 bridgehead atoms. The Morgan fingerprint density at radius 2 is 1.90 bits per heavy atom. The van der Waals surface area contributed by atoms with Gasteiger partial charge in [0, 0.05) is 11.3 Å². The lowest BCUT2D eigenvalue weighted by Gasteiger charge is -2.19. The number of hydrogen-bond donors (Lipinski definition) is 3. The van der Waals surface area contributed by atoms with Crippen molar-refractivity contribution in [1.29, 1.82) is 0 Å². The van der Waals surface area contributed by atoms with Crippen molar-refractivity contribution in [2.45, 2.75) is 33.3 Å². The summed E-state index contributed by atoms with van der Waals surface area (Å²) in [7, 11) is 0. The van der Waals surface area contributed by atoms with E-state index in [2.05, 4.69) is 25.6 Å². The van der Waals surface area contributed by atoms with Crippen molar-refractivity contribution in [3.05, 3.63) is 60.2 Å². The van der Waals surface area contributed by atoms with Crippen LogP contribution in [0.1, 0.15) is 25.1 Å². The number of rotatable bonds is 6. The van der Waals surface area contributed by atoms with Gasteiger partial charge in [-0.3, -0.25) is 15.3 Å². The van der Waals surface area contributed by atoms with Crippen molar-refractivity contribution in [2.24, 2.45) is 0 Å². The minimum atomic E-state index is -0.911. The number of anilines is 2. The Morgan fingerprint density at radius 1 is 1.10 bits per heavy atom. The minimum absolute atomic E-state index is 0.192. The third kappa shape index (κ3) is 5.99. The first-order chi connectivity index (χ1) is 14.2. The SMILES string of the molecule is Cc1ccc(NC(=O)Nc2cncc(-c3ccc(OCC(C)(C)O)c(C)c3)n2)cn1. The molecule has 8 heteroatoms. The third-order valence-electron chi connectivity index (χ3n) is 4.10. The summed E-state index contributed by atoms with van der Waals surface area (Å²) in [6, 6.07) is 8.76. The van der Waals surface area contributed by atoms with E-state index in [1.807, 2.05) is 38.1 Å². The fourth-order valence-corrected chi connectivity index (χ4v) is 2.61. The second kappa shape index (κ2) is 8.87. The summed E-state index contributed by atoms with van der Waals surface area (Å²) in [4.78, 5) is 25.0. The Labute approximate surface area is 175 Å². The van der Waals surface area contributed by atoms with Gasteiger partial charge in [0.25, 0.3) is 0 Å². The van der Waals surface area contributed by atoms with Gasteiger partial charge in [-0.2, -0.15) is 0 Å². The summed E-state index contributed by atoms with van der Waals surface area (Å²) in [6.07, 6.45) is 4.69. The number of nitrogens with one attached hydrogen (secondary N) is 2. The number of ether oxygens (including phenoxy) is 1. The molecule has 3 rings (SSSR count). The lowest BCUT2D eigenvalue weighted by atomic mass is 10.1. The van der Waals surface area contributed by atoms with Crippen molar-refractivity contribution in [3.8, 4) is 17.0 Å². The van der Waals surface area contributed by atoms with E-state index in [9.17, 15) is 9.90 Å². The van der Waals surface area contributed by atoms with Gasteiger partial charge in [-0.25, -0.2) is 9.78 Å². The molecule has 156 valence electrons. The Morgan fingerprint density at radius 3 is 2.57 bits per heavy atom. The van der Waals surface area contributed by atoms with Crippen LogP contribution in [0.2, 0.25) is 0 Å². The second-order valence-corrected chi connectivity index (χ2v) is 7.64. The molecule has 3 N–H and O–H groups in total. The number of hydrogen-bond acceptors (Lipinski definition) is 6. The zero-order valence-electron chi connectivity index (χ0n) is 17.4. The molecule has 2 aromatic heterocycles. The van der Waals surface area contributed by atoms with Gasteiger partial charge < -0.3 is 15.2 Å². The Hall–Kier alpha value is -3.52. The highest BCUT2D eigenvalue weighted by atomic mass is 16.5. The fraction of sp³-hybridized carbons (Fsp3) is 0.273. The second-order valence-electron chi connectivity index (χ2n) is 7.64. The fourth-order valence-electron chi connectivity index (χ4n) is 2.61.